The van der Waals surface area contributed by atoms with Crippen LogP contribution in [0.1, 0.15) is 15.9 Å². The first kappa shape index (κ1) is 13.2. The average Bonchev–Trinajstić information content (AvgIpc) is 2.47. The number of nitrogens with zero attached hydrogens (tertiary/aromatic N) is 2. The highest BCUT2D eigenvalue weighted by Gasteiger charge is 2.01. The molecular formula is C14H14N2O3. The summed E-state index contributed by atoms with van der Waals surface area (Å²) in [6.07, 6.45) is 4.39. The van der Waals surface area contributed by atoms with Crippen LogP contribution in [0.5, 0.6) is 11.8 Å². The summed E-state index contributed by atoms with van der Waals surface area (Å²) in [5.41, 5.74) is 1.59. The van der Waals surface area contributed by atoms with Crippen molar-refractivity contribution in [2.45, 2.75) is 6.42 Å². The fraction of sp³-hybridized carbons (Fsp3) is 0.214. The zero-order chi connectivity index (χ0) is 13.5. The number of rotatable bonds is 6. The van der Waals surface area contributed by atoms with Gasteiger partial charge in [-0.1, -0.05) is 12.1 Å². The van der Waals surface area contributed by atoms with Crippen LogP contribution in [-0.4, -0.2) is 30.0 Å². The van der Waals surface area contributed by atoms with Crippen molar-refractivity contribution >= 4 is 6.29 Å². The molecule has 0 atom stereocenters. The molecule has 0 fully saturated rings. The quantitative estimate of drug-likeness (QED) is 0.744. The Bertz CT molecular complexity index is 523. The SMILES string of the molecule is COCCc1ccc(Oc2ncc(C=O)cn2)cc1. The zero-order valence-electron chi connectivity index (χ0n) is 10.6. The largest absolute Gasteiger partial charge is 0.424 e. The topological polar surface area (TPSA) is 61.3 Å². The van der Waals surface area contributed by atoms with Crippen LogP contribution < -0.4 is 4.74 Å². The maximum absolute atomic E-state index is 10.5. The number of methoxy groups -OCH3 is 1. The second-order valence-electron chi connectivity index (χ2n) is 3.91. The van der Waals surface area contributed by atoms with Gasteiger partial charge in [0.25, 0.3) is 0 Å². The van der Waals surface area contributed by atoms with Gasteiger partial charge in [0.15, 0.2) is 6.29 Å². The molecule has 0 aliphatic heterocycles. The molecule has 0 saturated heterocycles. The fourth-order valence-corrected chi connectivity index (χ4v) is 1.49. The summed E-state index contributed by atoms with van der Waals surface area (Å²) in [5, 5.41) is 0. The Balaban J connectivity index is 1.99. The van der Waals surface area contributed by atoms with Gasteiger partial charge in [-0.2, -0.15) is 0 Å². The molecule has 1 aromatic heterocycles. The highest BCUT2D eigenvalue weighted by atomic mass is 16.5. The molecule has 0 spiro atoms. The number of carbonyl (C=O) groups excluding carboxylic acids is 1. The van der Waals surface area contributed by atoms with Crippen LogP contribution in [0, 0.1) is 0 Å². The van der Waals surface area contributed by atoms with Crippen molar-refractivity contribution in [3.8, 4) is 11.8 Å². The van der Waals surface area contributed by atoms with Gasteiger partial charge >= 0.3 is 6.01 Å². The first-order chi connectivity index (χ1) is 9.31. The fourth-order valence-electron chi connectivity index (χ4n) is 1.49. The number of benzene rings is 1. The first-order valence-corrected chi connectivity index (χ1v) is 5.85. The Morgan fingerprint density at radius 3 is 2.42 bits per heavy atom. The Morgan fingerprint density at radius 1 is 1.16 bits per heavy atom. The summed E-state index contributed by atoms with van der Waals surface area (Å²) in [6, 6.07) is 7.85. The van der Waals surface area contributed by atoms with Crippen LogP contribution in [0.2, 0.25) is 0 Å². The maximum Gasteiger partial charge on any atom is 0.321 e. The third-order valence-corrected chi connectivity index (χ3v) is 2.51. The van der Waals surface area contributed by atoms with Gasteiger partial charge in [0.05, 0.1) is 12.2 Å². The summed E-state index contributed by atoms with van der Waals surface area (Å²) < 4.78 is 10.5. The Hall–Kier alpha value is -2.27. The van der Waals surface area contributed by atoms with Gasteiger partial charge in [0.2, 0.25) is 0 Å². The van der Waals surface area contributed by atoms with E-state index in [1.807, 2.05) is 24.3 Å². The molecule has 0 amide bonds. The monoisotopic (exact) mass is 258 g/mol. The van der Waals surface area contributed by atoms with E-state index >= 15 is 0 Å². The Kier molecular flexibility index (Phi) is 4.58. The summed E-state index contributed by atoms with van der Waals surface area (Å²) in [6.45, 7) is 0.691. The molecule has 0 aliphatic carbocycles. The summed E-state index contributed by atoms with van der Waals surface area (Å²) in [7, 11) is 1.68. The van der Waals surface area contributed by atoms with Crippen LogP contribution in [0.4, 0.5) is 0 Å². The van der Waals surface area contributed by atoms with Crippen molar-refractivity contribution in [2.24, 2.45) is 0 Å². The molecule has 0 aliphatic rings. The molecule has 5 nitrogen and oxygen atoms in total. The molecule has 0 bridgehead atoms. The number of aldehydes is 1. The molecule has 0 N–H and O–H groups in total. The van der Waals surface area contributed by atoms with Gasteiger partial charge in [0.1, 0.15) is 5.75 Å². The molecule has 0 unspecified atom stereocenters. The molecule has 5 heteroatoms. The lowest BCUT2D eigenvalue weighted by atomic mass is 10.1. The molecule has 2 rings (SSSR count). The van der Waals surface area contributed by atoms with Crippen molar-refractivity contribution in [3.63, 3.8) is 0 Å². The van der Waals surface area contributed by atoms with Crippen LogP contribution in [0.3, 0.4) is 0 Å². The lowest BCUT2D eigenvalue weighted by Crippen LogP contribution is -1.95. The van der Waals surface area contributed by atoms with E-state index in [-0.39, 0.29) is 6.01 Å². The van der Waals surface area contributed by atoms with Crippen LogP contribution in [0.15, 0.2) is 36.7 Å². The first-order valence-electron chi connectivity index (χ1n) is 5.85. The van der Waals surface area contributed by atoms with E-state index in [0.717, 1.165) is 6.42 Å². The van der Waals surface area contributed by atoms with Gasteiger partial charge < -0.3 is 9.47 Å². The second-order valence-corrected chi connectivity index (χ2v) is 3.91. The van der Waals surface area contributed by atoms with E-state index in [1.165, 1.54) is 18.0 Å². The number of carbonyl (C=O) groups is 1. The molecule has 2 aromatic rings. The lowest BCUT2D eigenvalue weighted by molar-refractivity contribution is 0.112. The summed E-state index contributed by atoms with van der Waals surface area (Å²) in [5.74, 6) is 0.653. The van der Waals surface area contributed by atoms with E-state index < -0.39 is 0 Å². The van der Waals surface area contributed by atoms with Crippen molar-refractivity contribution in [1.82, 2.24) is 9.97 Å². The van der Waals surface area contributed by atoms with Crippen LogP contribution in [0.25, 0.3) is 0 Å². The predicted octanol–water partition coefficient (Wildman–Crippen LogP) is 2.27. The molecule has 1 aromatic carbocycles. The van der Waals surface area contributed by atoms with Gasteiger partial charge in [-0.05, 0) is 24.1 Å². The van der Waals surface area contributed by atoms with Crippen molar-refractivity contribution in [1.29, 1.82) is 0 Å². The summed E-state index contributed by atoms with van der Waals surface area (Å²) >= 11 is 0. The Morgan fingerprint density at radius 2 is 1.84 bits per heavy atom. The van der Waals surface area contributed by atoms with E-state index in [2.05, 4.69) is 9.97 Å². The molecule has 1 heterocycles. The highest BCUT2D eigenvalue weighted by Crippen LogP contribution is 2.18. The minimum atomic E-state index is 0.218. The Labute approximate surface area is 111 Å². The normalized spacial score (nSPS) is 10.2. The highest BCUT2D eigenvalue weighted by molar-refractivity contribution is 5.73. The van der Waals surface area contributed by atoms with Crippen LogP contribution in [-0.2, 0) is 11.2 Å². The minimum Gasteiger partial charge on any atom is -0.424 e. The number of hydrogen-bond donors (Lipinski definition) is 0. The third-order valence-electron chi connectivity index (χ3n) is 2.51. The van der Waals surface area contributed by atoms with E-state index in [0.29, 0.717) is 24.2 Å². The van der Waals surface area contributed by atoms with Crippen molar-refractivity contribution < 1.29 is 14.3 Å². The zero-order valence-corrected chi connectivity index (χ0v) is 10.6. The maximum atomic E-state index is 10.5. The van der Waals surface area contributed by atoms with Crippen LogP contribution >= 0.6 is 0 Å². The average molecular weight is 258 g/mol. The van der Waals surface area contributed by atoms with E-state index in [9.17, 15) is 4.79 Å². The minimum absolute atomic E-state index is 0.218. The molecular weight excluding hydrogens is 244 g/mol. The predicted molar refractivity (Wildman–Crippen MR) is 69.5 cm³/mol. The molecule has 98 valence electrons. The molecule has 0 saturated carbocycles. The second kappa shape index (κ2) is 6.61. The van der Waals surface area contributed by atoms with E-state index in [1.54, 1.807) is 7.11 Å². The van der Waals surface area contributed by atoms with Crippen molar-refractivity contribution in [2.75, 3.05) is 13.7 Å². The number of aromatic nitrogens is 2. The molecule has 19 heavy (non-hydrogen) atoms. The van der Waals surface area contributed by atoms with Gasteiger partial charge in [-0.15, -0.1) is 0 Å². The summed E-state index contributed by atoms with van der Waals surface area (Å²) in [4.78, 5) is 18.3. The van der Waals surface area contributed by atoms with Crippen molar-refractivity contribution in [3.05, 3.63) is 47.8 Å². The lowest BCUT2D eigenvalue weighted by Gasteiger charge is -2.05. The number of hydrogen-bond acceptors (Lipinski definition) is 5. The van der Waals surface area contributed by atoms with Gasteiger partial charge in [-0.25, -0.2) is 9.97 Å². The standard InChI is InChI=1S/C14H14N2O3/c1-18-7-6-11-2-4-13(5-3-11)19-14-15-8-12(10-17)9-16-14/h2-5,8-10H,6-7H2,1H3. The smallest absolute Gasteiger partial charge is 0.321 e. The van der Waals surface area contributed by atoms with E-state index in [4.69, 9.17) is 9.47 Å². The van der Waals surface area contributed by atoms with Gasteiger partial charge in [-0.3, -0.25) is 4.79 Å². The number of ether oxygens (including phenoxy) is 2. The van der Waals surface area contributed by atoms with Gasteiger partial charge in [0, 0.05) is 19.5 Å². The molecule has 0 radical (unpaired) electrons. The third kappa shape index (κ3) is 3.86.